The SMILES string of the molecule is COCOc1cc(-c2cccc(N3CCCC3)c2)nc2cc(OC)c(-c3cnco3)cc12. The van der Waals surface area contributed by atoms with E-state index in [0.717, 1.165) is 40.8 Å². The van der Waals surface area contributed by atoms with E-state index < -0.39 is 0 Å². The van der Waals surface area contributed by atoms with Crippen LogP contribution >= 0.6 is 0 Å². The van der Waals surface area contributed by atoms with Gasteiger partial charge in [0.05, 0.1) is 30.1 Å². The third kappa shape index (κ3) is 3.87. The van der Waals surface area contributed by atoms with E-state index in [1.165, 1.54) is 24.9 Å². The summed E-state index contributed by atoms with van der Waals surface area (Å²) in [5.41, 5.74) is 4.64. The molecular weight excluding hydrogens is 406 g/mol. The maximum atomic E-state index is 5.95. The molecule has 0 saturated carbocycles. The van der Waals surface area contributed by atoms with E-state index in [2.05, 4.69) is 34.1 Å². The standard InChI is InChI=1S/C25H25N3O4/c1-29-16-32-24-12-21(17-6-5-7-18(10-17)28-8-3-4-9-28)27-22-13-23(30-2)20(11-19(22)24)25-14-26-15-31-25/h5-7,10-15H,3-4,8-9,16H2,1-2H3. The first-order chi connectivity index (χ1) is 15.8. The van der Waals surface area contributed by atoms with Gasteiger partial charge in [-0.05, 0) is 31.0 Å². The molecule has 0 unspecified atom stereocenters. The van der Waals surface area contributed by atoms with Gasteiger partial charge < -0.3 is 23.5 Å². The molecule has 0 bridgehead atoms. The van der Waals surface area contributed by atoms with Crippen molar-refractivity contribution in [3.05, 3.63) is 55.1 Å². The van der Waals surface area contributed by atoms with Crippen LogP contribution in [0, 0.1) is 0 Å². The molecule has 3 heterocycles. The number of hydrogen-bond acceptors (Lipinski definition) is 7. The van der Waals surface area contributed by atoms with E-state index in [9.17, 15) is 0 Å². The topological polar surface area (TPSA) is 69.9 Å². The molecule has 5 rings (SSSR count). The van der Waals surface area contributed by atoms with Gasteiger partial charge in [-0.2, -0.15) is 0 Å². The fraction of sp³-hybridized carbons (Fsp3) is 0.280. The number of fused-ring (bicyclic) bond motifs is 1. The zero-order valence-corrected chi connectivity index (χ0v) is 18.2. The van der Waals surface area contributed by atoms with E-state index in [1.807, 2.05) is 18.2 Å². The van der Waals surface area contributed by atoms with Crippen LogP contribution in [0.2, 0.25) is 0 Å². The largest absolute Gasteiger partial charge is 0.496 e. The predicted octanol–water partition coefficient (Wildman–Crippen LogP) is 5.15. The summed E-state index contributed by atoms with van der Waals surface area (Å²) in [6.07, 6.45) is 5.53. The quantitative estimate of drug-likeness (QED) is 0.375. The van der Waals surface area contributed by atoms with Crippen molar-refractivity contribution in [3.63, 3.8) is 0 Å². The predicted molar refractivity (Wildman–Crippen MR) is 123 cm³/mol. The third-order valence-electron chi connectivity index (χ3n) is 5.74. The van der Waals surface area contributed by atoms with Gasteiger partial charge in [-0.25, -0.2) is 9.97 Å². The molecule has 2 aromatic carbocycles. The molecule has 2 aromatic heterocycles. The number of pyridine rings is 1. The molecule has 1 aliphatic rings. The zero-order valence-electron chi connectivity index (χ0n) is 18.2. The van der Waals surface area contributed by atoms with Gasteiger partial charge in [0.15, 0.2) is 18.9 Å². The highest BCUT2D eigenvalue weighted by Crippen LogP contribution is 2.39. The summed E-state index contributed by atoms with van der Waals surface area (Å²) >= 11 is 0. The molecule has 7 heteroatoms. The van der Waals surface area contributed by atoms with Crippen molar-refractivity contribution >= 4 is 16.6 Å². The number of ether oxygens (including phenoxy) is 3. The van der Waals surface area contributed by atoms with E-state index in [-0.39, 0.29) is 6.79 Å². The lowest BCUT2D eigenvalue weighted by molar-refractivity contribution is 0.0522. The number of nitrogens with zero attached hydrogens (tertiary/aromatic N) is 3. The molecule has 1 fully saturated rings. The molecule has 0 radical (unpaired) electrons. The molecule has 164 valence electrons. The highest BCUT2D eigenvalue weighted by Gasteiger charge is 2.17. The molecule has 0 amide bonds. The Bertz CT molecular complexity index is 1220. The lowest BCUT2D eigenvalue weighted by Gasteiger charge is -2.19. The smallest absolute Gasteiger partial charge is 0.188 e. The summed E-state index contributed by atoms with van der Waals surface area (Å²) in [6, 6.07) is 14.3. The average molecular weight is 431 g/mol. The summed E-state index contributed by atoms with van der Waals surface area (Å²) in [4.78, 5) is 11.4. The second kappa shape index (κ2) is 8.88. The van der Waals surface area contributed by atoms with Crippen molar-refractivity contribution in [2.45, 2.75) is 12.8 Å². The van der Waals surface area contributed by atoms with Crippen molar-refractivity contribution in [3.8, 4) is 34.1 Å². The van der Waals surface area contributed by atoms with Crippen LogP contribution in [0.15, 0.2) is 59.5 Å². The summed E-state index contributed by atoms with van der Waals surface area (Å²) in [5, 5.41) is 0.841. The Kier molecular flexibility index (Phi) is 5.64. The Morgan fingerprint density at radius 3 is 2.66 bits per heavy atom. The summed E-state index contributed by atoms with van der Waals surface area (Å²) in [5.74, 6) is 1.95. The summed E-state index contributed by atoms with van der Waals surface area (Å²) < 4.78 is 22.3. The van der Waals surface area contributed by atoms with Crippen molar-refractivity contribution < 1.29 is 18.6 Å². The maximum Gasteiger partial charge on any atom is 0.188 e. The Hall–Kier alpha value is -3.58. The Morgan fingerprint density at radius 2 is 1.91 bits per heavy atom. The van der Waals surface area contributed by atoms with Crippen molar-refractivity contribution in [2.24, 2.45) is 0 Å². The minimum absolute atomic E-state index is 0.135. The lowest BCUT2D eigenvalue weighted by Crippen LogP contribution is -2.17. The number of hydrogen-bond donors (Lipinski definition) is 0. The van der Waals surface area contributed by atoms with Gasteiger partial charge >= 0.3 is 0 Å². The molecule has 32 heavy (non-hydrogen) atoms. The van der Waals surface area contributed by atoms with Gasteiger partial charge in [-0.15, -0.1) is 0 Å². The number of anilines is 1. The van der Waals surface area contributed by atoms with E-state index in [0.29, 0.717) is 17.3 Å². The van der Waals surface area contributed by atoms with Crippen LogP contribution in [0.5, 0.6) is 11.5 Å². The first-order valence-electron chi connectivity index (χ1n) is 10.7. The van der Waals surface area contributed by atoms with Crippen molar-refractivity contribution in [2.75, 3.05) is 39.0 Å². The molecule has 1 aliphatic heterocycles. The number of methoxy groups -OCH3 is 2. The summed E-state index contributed by atoms with van der Waals surface area (Å²) in [7, 11) is 3.24. The summed E-state index contributed by atoms with van der Waals surface area (Å²) in [6.45, 7) is 2.33. The van der Waals surface area contributed by atoms with E-state index >= 15 is 0 Å². The van der Waals surface area contributed by atoms with E-state index in [1.54, 1.807) is 20.4 Å². The van der Waals surface area contributed by atoms with Gasteiger partial charge in [0, 0.05) is 49.0 Å². The Balaban J connectivity index is 1.64. The Labute approximate surface area is 186 Å². The van der Waals surface area contributed by atoms with Crippen LogP contribution in [0.25, 0.3) is 33.5 Å². The monoisotopic (exact) mass is 431 g/mol. The van der Waals surface area contributed by atoms with Gasteiger partial charge in [0.2, 0.25) is 0 Å². The number of aromatic nitrogens is 2. The Morgan fingerprint density at radius 1 is 1.03 bits per heavy atom. The molecule has 7 nitrogen and oxygen atoms in total. The fourth-order valence-electron chi connectivity index (χ4n) is 4.16. The van der Waals surface area contributed by atoms with Crippen molar-refractivity contribution in [1.29, 1.82) is 0 Å². The number of rotatable bonds is 7. The van der Waals surface area contributed by atoms with Crippen LogP contribution in [-0.4, -0.2) is 44.1 Å². The zero-order chi connectivity index (χ0) is 21.9. The molecule has 1 saturated heterocycles. The lowest BCUT2D eigenvalue weighted by atomic mass is 10.0. The molecular formula is C25H25N3O4. The first kappa shape index (κ1) is 20.3. The fourth-order valence-corrected chi connectivity index (χ4v) is 4.16. The van der Waals surface area contributed by atoms with Crippen LogP contribution in [0.1, 0.15) is 12.8 Å². The van der Waals surface area contributed by atoms with Gasteiger partial charge in [-0.3, -0.25) is 0 Å². The second-order valence-corrected chi connectivity index (χ2v) is 7.74. The highest BCUT2D eigenvalue weighted by atomic mass is 16.7. The van der Waals surface area contributed by atoms with Gasteiger partial charge in [0.25, 0.3) is 0 Å². The normalized spacial score (nSPS) is 13.6. The first-order valence-corrected chi connectivity index (χ1v) is 10.7. The molecule has 0 spiro atoms. The molecule has 0 aliphatic carbocycles. The van der Waals surface area contributed by atoms with E-state index in [4.69, 9.17) is 23.6 Å². The number of benzene rings is 2. The minimum atomic E-state index is 0.135. The van der Waals surface area contributed by atoms with Crippen LogP contribution in [0.3, 0.4) is 0 Å². The highest BCUT2D eigenvalue weighted by molar-refractivity contribution is 5.93. The maximum absolute atomic E-state index is 5.95. The number of oxazole rings is 1. The molecule has 0 atom stereocenters. The van der Waals surface area contributed by atoms with Crippen LogP contribution in [-0.2, 0) is 4.74 Å². The van der Waals surface area contributed by atoms with Gasteiger partial charge in [0.1, 0.15) is 11.5 Å². The molecule has 0 N–H and O–H groups in total. The van der Waals surface area contributed by atoms with Crippen LogP contribution < -0.4 is 14.4 Å². The van der Waals surface area contributed by atoms with Crippen LogP contribution in [0.4, 0.5) is 5.69 Å². The second-order valence-electron chi connectivity index (χ2n) is 7.74. The van der Waals surface area contributed by atoms with Gasteiger partial charge in [-0.1, -0.05) is 12.1 Å². The van der Waals surface area contributed by atoms with Crippen molar-refractivity contribution in [1.82, 2.24) is 9.97 Å². The third-order valence-corrected chi connectivity index (χ3v) is 5.74. The minimum Gasteiger partial charge on any atom is -0.496 e. The molecule has 4 aromatic rings. The average Bonchev–Trinajstić information content (AvgIpc) is 3.56.